The number of hydrogen-bond acceptors (Lipinski definition) is 4. The van der Waals surface area contributed by atoms with Gasteiger partial charge in [0, 0.05) is 13.5 Å². The lowest BCUT2D eigenvalue weighted by molar-refractivity contribution is 0.0801. The van der Waals surface area contributed by atoms with Crippen LogP contribution in [0.2, 0.25) is 0 Å². The summed E-state index contributed by atoms with van der Waals surface area (Å²) in [6, 6.07) is 0. The molecule has 0 saturated heterocycles. The second-order valence-electron chi connectivity index (χ2n) is 4.41. The molecule has 88 valence electrons. The molecule has 1 atom stereocenters. The van der Waals surface area contributed by atoms with Crippen molar-refractivity contribution in [1.29, 1.82) is 0 Å². The molecule has 1 unspecified atom stereocenters. The van der Waals surface area contributed by atoms with Crippen molar-refractivity contribution < 1.29 is 17.3 Å². The molecule has 0 aromatic rings. The van der Waals surface area contributed by atoms with Crippen molar-refractivity contribution in [1.82, 2.24) is 0 Å². The summed E-state index contributed by atoms with van der Waals surface area (Å²) in [7, 11) is -1.69. The van der Waals surface area contributed by atoms with Crippen molar-refractivity contribution in [2.45, 2.75) is 26.2 Å². The number of hydrogen-bond donors (Lipinski definition) is 0. The lowest BCUT2D eigenvalue weighted by atomic mass is 9.79. The third-order valence-corrected chi connectivity index (χ3v) is 3.07. The third-order valence-electron chi connectivity index (χ3n) is 2.55. The van der Waals surface area contributed by atoms with E-state index in [1.807, 2.05) is 6.08 Å². The first-order valence-corrected chi connectivity index (χ1v) is 6.74. The highest BCUT2D eigenvalue weighted by Crippen LogP contribution is 2.35. The van der Waals surface area contributed by atoms with Gasteiger partial charge in [-0.3, -0.25) is 0 Å². The van der Waals surface area contributed by atoms with Crippen LogP contribution < -0.4 is 0 Å². The van der Waals surface area contributed by atoms with Gasteiger partial charge >= 0.3 is 10.1 Å². The average Bonchev–Trinajstić information content (AvgIpc) is 2.08. The van der Waals surface area contributed by atoms with Crippen LogP contribution in [0.3, 0.4) is 0 Å². The van der Waals surface area contributed by atoms with Gasteiger partial charge in [0.2, 0.25) is 0 Å². The Hall–Kier alpha value is -0.550. The van der Waals surface area contributed by atoms with E-state index in [9.17, 15) is 8.42 Å². The molecular weight excluding hydrogens is 216 g/mol. The molecule has 1 aliphatic carbocycles. The Balaban J connectivity index is 2.59. The predicted molar refractivity (Wildman–Crippen MR) is 57.8 cm³/mol. The molecule has 0 heterocycles. The van der Waals surface area contributed by atoms with E-state index in [1.54, 1.807) is 7.11 Å². The molecule has 0 aromatic heterocycles. The molecule has 0 amide bonds. The topological polar surface area (TPSA) is 52.6 Å². The van der Waals surface area contributed by atoms with Gasteiger partial charge in [-0.05, 0) is 24.3 Å². The second kappa shape index (κ2) is 4.53. The summed E-state index contributed by atoms with van der Waals surface area (Å²) in [5.41, 5.74) is 0.110. The lowest BCUT2D eigenvalue weighted by Gasteiger charge is -2.31. The van der Waals surface area contributed by atoms with Gasteiger partial charge < -0.3 is 8.92 Å². The van der Waals surface area contributed by atoms with Crippen LogP contribution in [-0.2, 0) is 19.0 Å². The van der Waals surface area contributed by atoms with Crippen LogP contribution in [0, 0.1) is 5.41 Å². The maximum Gasteiger partial charge on any atom is 0.305 e. The van der Waals surface area contributed by atoms with Crippen LogP contribution >= 0.6 is 0 Å². The molecule has 0 aromatic carbocycles. The second-order valence-corrected chi connectivity index (χ2v) is 5.98. The van der Waals surface area contributed by atoms with E-state index in [0.29, 0.717) is 18.8 Å². The normalized spacial score (nSPS) is 27.3. The molecule has 0 bridgehead atoms. The van der Waals surface area contributed by atoms with Crippen molar-refractivity contribution in [3.63, 3.8) is 0 Å². The quantitative estimate of drug-likeness (QED) is 0.694. The van der Waals surface area contributed by atoms with Gasteiger partial charge in [0.1, 0.15) is 5.76 Å². The number of rotatable bonds is 4. The Morgan fingerprint density at radius 3 is 2.60 bits per heavy atom. The van der Waals surface area contributed by atoms with Crippen molar-refractivity contribution in [3.05, 3.63) is 11.8 Å². The van der Waals surface area contributed by atoms with E-state index >= 15 is 0 Å². The van der Waals surface area contributed by atoms with Gasteiger partial charge in [-0.2, -0.15) is 8.42 Å². The van der Waals surface area contributed by atoms with Gasteiger partial charge in [0.25, 0.3) is 0 Å². The maximum absolute atomic E-state index is 10.9. The fraction of sp³-hybridized carbons (Fsp3) is 0.800. The van der Waals surface area contributed by atoms with Crippen molar-refractivity contribution in [3.8, 4) is 0 Å². The molecule has 0 radical (unpaired) electrons. The summed E-state index contributed by atoms with van der Waals surface area (Å²) in [6.07, 6.45) is 5.27. The van der Waals surface area contributed by atoms with Crippen LogP contribution in [0.1, 0.15) is 26.2 Å². The molecule has 1 aliphatic rings. The number of allylic oxidation sites excluding steroid dienone is 2. The molecule has 0 spiro atoms. The number of ether oxygens (including phenoxy) is 1. The van der Waals surface area contributed by atoms with Gasteiger partial charge in [-0.15, -0.1) is 0 Å². The van der Waals surface area contributed by atoms with Crippen LogP contribution in [0.25, 0.3) is 0 Å². The molecule has 5 heteroatoms. The zero-order valence-corrected chi connectivity index (χ0v) is 10.3. The average molecular weight is 234 g/mol. The highest BCUT2D eigenvalue weighted by atomic mass is 32.2. The summed E-state index contributed by atoms with van der Waals surface area (Å²) in [5.74, 6) is 0.561. The first-order chi connectivity index (χ1) is 6.85. The van der Waals surface area contributed by atoms with Gasteiger partial charge in [-0.1, -0.05) is 6.92 Å². The standard InChI is InChI=1S/C10H18O4S/c1-10(8-13-2)6-4-9(5-7-10)14-15(3,11)12/h4H,5-8H2,1-3H3. The molecule has 0 N–H and O–H groups in total. The summed E-state index contributed by atoms with van der Waals surface area (Å²) in [4.78, 5) is 0. The lowest BCUT2D eigenvalue weighted by Crippen LogP contribution is -2.25. The third kappa shape index (κ3) is 4.22. The Morgan fingerprint density at radius 1 is 1.53 bits per heavy atom. The highest BCUT2D eigenvalue weighted by Gasteiger charge is 2.28. The van der Waals surface area contributed by atoms with Gasteiger partial charge in [-0.25, -0.2) is 0 Å². The SMILES string of the molecule is COCC1(C)CC=C(OS(C)(=O)=O)CC1. The Bertz CT molecular complexity index is 344. The number of methoxy groups -OCH3 is 1. The fourth-order valence-corrected chi connectivity index (χ4v) is 2.28. The fourth-order valence-electron chi connectivity index (χ4n) is 1.74. The van der Waals surface area contributed by atoms with E-state index in [1.165, 1.54) is 0 Å². The largest absolute Gasteiger partial charge is 0.387 e. The van der Waals surface area contributed by atoms with Crippen LogP contribution in [0.5, 0.6) is 0 Å². The summed E-state index contributed by atoms with van der Waals surface area (Å²) >= 11 is 0. The zero-order chi connectivity index (χ0) is 11.5. The summed E-state index contributed by atoms with van der Waals surface area (Å²) in [6.45, 7) is 2.82. The van der Waals surface area contributed by atoms with E-state index in [-0.39, 0.29) is 5.41 Å². The van der Waals surface area contributed by atoms with Crippen LogP contribution in [-0.4, -0.2) is 28.4 Å². The van der Waals surface area contributed by atoms with E-state index in [4.69, 9.17) is 8.92 Å². The minimum absolute atomic E-state index is 0.110. The molecule has 0 saturated carbocycles. The molecule has 1 rings (SSSR count). The highest BCUT2D eigenvalue weighted by molar-refractivity contribution is 7.86. The van der Waals surface area contributed by atoms with Crippen molar-refractivity contribution in [2.24, 2.45) is 5.41 Å². The minimum atomic E-state index is -3.37. The molecule has 4 nitrogen and oxygen atoms in total. The van der Waals surface area contributed by atoms with E-state index < -0.39 is 10.1 Å². The Labute approximate surface area is 91.4 Å². The monoisotopic (exact) mass is 234 g/mol. The van der Waals surface area contributed by atoms with E-state index in [2.05, 4.69) is 6.92 Å². The minimum Gasteiger partial charge on any atom is -0.387 e. The molecular formula is C10H18O4S. The first-order valence-electron chi connectivity index (χ1n) is 4.92. The predicted octanol–water partition coefficient (Wildman–Crippen LogP) is 1.68. The van der Waals surface area contributed by atoms with Crippen molar-refractivity contribution in [2.75, 3.05) is 20.0 Å². The summed E-state index contributed by atoms with van der Waals surface area (Å²) in [5, 5.41) is 0. The summed E-state index contributed by atoms with van der Waals surface area (Å²) < 4.78 is 31.8. The van der Waals surface area contributed by atoms with Crippen LogP contribution in [0.4, 0.5) is 0 Å². The van der Waals surface area contributed by atoms with Gasteiger partial charge in [0.15, 0.2) is 0 Å². The molecule has 15 heavy (non-hydrogen) atoms. The first kappa shape index (κ1) is 12.5. The molecule has 0 fully saturated rings. The Kier molecular flexibility index (Phi) is 3.78. The smallest absolute Gasteiger partial charge is 0.305 e. The van der Waals surface area contributed by atoms with Crippen LogP contribution in [0.15, 0.2) is 11.8 Å². The van der Waals surface area contributed by atoms with Gasteiger partial charge in [0.05, 0.1) is 12.9 Å². The van der Waals surface area contributed by atoms with Crippen molar-refractivity contribution >= 4 is 10.1 Å². The zero-order valence-electron chi connectivity index (χ0n) is 9.45. The molecule has 0 aliphatic heterocycles. The Morgan fingerprint density at radius 2 is 2.20 bits per heavy atom. The maximum atomic E-state index is 10.9. The van der Waals surface area contributed by atoms with E-state index in [0.717, 1.165) is 19.1 Å².